The highest BCUT2D eigenvalue weighted by Crippen LogP contribution is 2.61. The van der Waals surface area contributed by atoms with Crippen molar-refractivity contribution in [2.75, 3.05) is 0 Å². The summed E-state index contributed by atoms with van der Waals surface area (Å²) in [6.07, 6.45) is 9.23. The monoisotopic (exact) mass is 372 g/mol. The molecule has 0 aliphatic heterocycles. The van der Waals surface area contributed by atoms with E-state index in [1.807, 2.05) is 0 Å². The molecule has 4 rings (SSSR count). The molecule has 0 bridgehead atoms. The summed E-state index contributed by atoms with van der Waals surface area (Å²) >= 11 is 0. The van der Waals surface area contributed by atoms with Crippen molar-refractivity contribution in [2.45, 2.75) is 76.9 Å². The van der Waals surface area contributed by atoms with Gasteiger partial charge in [0.05, 0.1) is 12.0 Å². The van der Waals surface area contributed by atoms with Crippen LogP contribution in [-0.4, -0.2) is 33.5 Å². The van der Waals surface area contributed by atoms with Gasteiger partial charge in [-0.1, -0.05) is 36.8 Å². The number of carboxylic acid groups (broad SMARTS) is 1. The van der Waals surface area contributed by atoms with Gasteiger partial charge in [0, 0.05) is 6.42 Å². The van der Waals surface area contributed by atoms with Crippen LogP contribution in [0.2, 0.25) is 0 Å². The highest BCUT2D eigenvalue weighted by molar-refractivity contribution is 5.66. The van der Waals surface area contributed by atoms with Crippen molar-refractivity contribution >= 4 is 5.97 Å². The Bertz CT molecular complexity index is 676. The Labute approximate surface area is 162 Å². The van der Waals surface area contributed by atoms with Gasteiger partial charge in [0.1, 0.15) is 6.10 Å². The topological polar surface area (TPSA) is 77.8 Å². The number of hydrogen-bond acceptors (Lipinski definition) is 3. The molecule has 3 N–H and O–H groups in total. The average Bonchev–Trinajstić information content (AvgIpc) is 3.03. The van der Waals surface area contributed by atoms with Crippen molar-refractivity contribution in [2.24, 2.45) is 35.0 Å². The maximum Gasteiger partial charge on any atom is 0.303 e. The molecule has 0 radical (unpaired) electrons. The molecule has 0 aromatic heterocycles. The lowest BCUT2D eigenvalue weighted by molar-refractivity contribution is -0.136. The number of hydrogen-bond donors (Lipinski definition) is 3. The van der Waals surface area contributed by atoms with Crippen molar-refractivity contribution in [3.8, 4) is 11.8 Å². The van der Waals surface area contributed by atoms with E-state index in [0.717, 1.165) is 37.5 Å². The molecule has 0 spiro atoms. The fourth-order valence-electron chi connectivity index (χ4n) is 6.28. The molecule has 4 aliphatic carbocycles. The molecular weight excluding hydrogens is 340 g/mol. The molecule has 148 valence electrons. The predicted octanol–water partition coefficient (Wildman–Crippen LogP) is 3.38. The van der Waals surface area contributed by atoms with Crippen LogP contribution in [0.5, 0.6) is 0 Å². The number of aliphatic hydroxyl groups is 2. The van der Waals surface area contributed by atoms with E-state index in [9.17, 15) is 15.0 Å². The van der Waals surface area contributed by atoms with E-state index in [1.54, 1.807) is 0 Å². The van der Waals surface area contributed by atoms with Crippen LogP contribution in [0, 0.1) is 46.8 Å². The molecule has 3 unspecified atom stereocenters. The second kappa shape index (κ2) is 7.26. The maximum absolute atomic E-state index is 10.7. The molecule has 7 atom stereocenters. The number of fused-ring (bicyclic) bond motifs is 2. The summed E-state index contributed by atoms with van der Waals surface area (Å²) in [5, 5.41) is 29.7. The fraction of sp³-hybridized carbons (Fsp3) is 0.783. The smallest absolute Gasteiger partial charge is 0.303 e. The quantitative estimate of drug-likeness (QED) is 0.511. The zero-order valence-electron chi connectivity index (χ0n) is 16.2. The third kappa shape index (κ3) is 3.57. The second-order valence-electron chi connectivity index (χ2n) is 9.48. The van der Waals surface area contributed by atoms with E-state index in [0.29, 0.717) is 18.3 Å². The first-order valence-electron chi connectivity index (χ1n) is 10.7. The van der Waals surface area contributed by atoms with E-state index in [-0.39, 0.29) is 17.8 Å². The van der Waals surface area contributed by atoms with Crippen LogP contribution in [0.25, 0.3) is 0 Å². The Kier molecular flexibility index (Phi) is 5.12. The van der Waals surface area contributed by atoms with Gasteiger partial charge in [-0.3, -0.25) is 4.79 Å². The first kappa shape index (κ1) is 19.0. The zero-order chi connectivity index (χ0) is 19.2. The summed E-state index contributed by atoms with van der Waals surface area (Å²) in [5.41, 5.74) is 1.37. The van der Waals surface area contributed by atoms with Gasteiger partial charge < -0.3 is 15.3 Å². The maximum atomic E-state index is 10.7. The van der Waals surface area contributed by atoms with Gasteiger partial charge in [-0.15, -0.1) is 0 Å². The lowest BCUT2D eigenvalue weighted by Crippen LogP contribution is -2.51. The van der Waals surface area contributed by atoms with Crippen LogP contribution >= 0.6 is 0 Å². The van der Waals surface area contributed by atoms with Gasteiger partial charge in [0.2, 0.25) is 0 Å². The number of rotatable bonds is 5. The summed E-state index contributed by atoms with van der Waals surface area (Å²) in [4.78, 5) is 10.7. The van der Waals surface area contributed by atoms with Crippen molar-refractivity contribution in [1.29, 1.82) is 0 Å². The molecule has 4 fully saturated rings. The molecule has 27 heavy (non-hydrogen) atoms. The molecular formula is C23H32O4. The Balaban J connectivity index is 1.36. The minimum absolute atomic E-state index is 0.0373. The Morgan fingerprint density at radius 1 is 1.33 bits per heavy atom. The largest absolute Gasteiger partial charge is 0.481 e. The van der Waals surface area contributed by atoms with E-state index >= 15 is 0 Å². The number of aliphatic hydroxyl groups excluding tert-OH is 2. The second-order valence-corrected chi connectivity index (χ2v) is 9.48. The molecule has 0 aromatic rings. The van der Waals surface area contributed by atoms with Crippen molar-refractivity contribution in [1.82, 2.24) is 0 Å². The lowest BCUT2D eigenvalue weighted by Gasteiger charge is -2.57. The molecule has 4 aliphatic rings. The van der Waals surface area contributed by atoms with Crippen molar-refractivity contribution in [3.05, 3.63) is 11.6 Å². The SMILES string of the molecule is C[C@@]12CC[C@H](O)[C@@H](C#CC(O)CC3C4CCCC43)[C@@H]1CC2=CCCC(=O)O. The highest BCUT2D eigenvalue weighted by Gasteiger charge is 2.55. The molecule has 4 nitrogen and oxygen atoms in total. The summed E-state index contributed by atoms with van der Waals surface area (Å²) in [7, 11) is 0. The standard InChI is InChI=1S/C23H32O4/c1-23-11-10-21(25)18(20(23)12-14(23)4-2-7-22(26)27)9-8-15(24)13-19-16-5-3-6-17(16)19/h4,15-21,24-25H,2-3,5-7,10-13H2,1H3,(H,26,27)/t15?,16?,17?,18-,19?,20-,21-,23-/m0/s1. The first-order valence-corrected chi connectivity index (χ1v) is 10.7. The van der Waals surface area contributed by atoms with Gasteiger partial charge in [0.25, 0.3) is 0 Å². The van der Waals surface area contributed by atoms with Crippen LogP contribution in [0.1, 0.15) is 64.7 Å². The van der Waals surface area contributed by atoms with Gasteiger partial charge in [-0.2, -0.15) is 0 Å². The summed E-state index contributed by atoms with van der Waals surface area (Å²) in [6.45, 7) is 2.23. The summed E-state index contributed by atoms with van der Waals surface area (Å²) in [5.74, 6) is 8.16. The Hall–Kier alpha value is -1.31. The van der Waals surface area contributed by atoms with Gasteiger partial charge in [-0.05, 0) is 74.0 Å². The fourth-order valence-corrected chi connectivity index (χ4v) is 6.28. The number of aliphatic carboxylic acids is 1. The van der Waals surface area contributed by atoms with Gasteiger partial charge in [-0.25, -0.2) is 0 Å². The van der Waals surface area contributed by atoms with Gasteiger partial charge >= 0.3 is 5.97 Å². The Morgan fingerprint density at radius 2 is 2.07 bits per heavy atom. The van der Waals surface area contributed by atoms with Crippen molar-refractivity contribution < 1.29 is 20.1 Å². The van der Waals surface area contributed by atoms with E-state index in [2.05, 4.69) is 24.8 Å². The minimum Gasteiger partial charge on any atom is -0.481 e. The molecule has 0 heterocycles. The molecule has 0 aromatic carbocycles. The number of allylic oxidation sites excluding steroid dienone is 2. The molecule has 4 heteroatoms. The highest BCUT2D eigenvalue weighted by atomic mass is 16.4. The third-order valence-electron chi connectivity index (χ3n) is 8.04. The first-order chi connectivity index (χ1) is 12.9. The third-order valence-corrected chi connectivity index (χ3v) is 8.04. The van der Waals surface area contributed by atoms with Crippen molar-refractivity contribution in [3.63, 3.8) is 0 Å². The van der Waals surface area contributed by atoms with Gasteiger partial charge in [0.15, 0.2) is 0 Å². The van der Waals surface area contributed by atoms with Crippen LogP contribution in [0.4, 0.5) is 0 Å². The number of carbonyl (C=O) groups is 1. The summed E-state index contributed by atoms with van der Waals surface area (Å²) in [6, 6.07) is 0. The predicted molar refractivity (Wildman–Crippen MR) is 103 cm³/mol. The van der Waals surface area contributed by atoms with Crippen LogP contribution < -0.4 is 0 Å². The molecule has 4 saturated carbocycles. The minimum atomic E-state index is -0.760. The van der Waals surface area contributed by atoms with Crippen LogP contribution in [-0.2, 0) is 4.79 Å². The Morgan fingerprint density at radius 3 is 2.78 bits per heavy atom. The van der Waals surface area contributed by atoms with Crippen LogP contribution in [0.3, 0.4) is 0 Å². The normalized spacial score (nSPS) is 44.5. The van der Waals surface area contributed by atoms with E-state index < -0.39 is 18.2 Å². The molecule has 0 saturated heterocycles. The number of carboxylic acids is 1. The average molecular weight is 373 g/mol. The van der Waals surface area contributed by atoms with Crippen LogP contribution in [0.15, 0.2) is 11.6 Å². The molecule has 0 amide bonds. The zero-order valence-corrected chi connectivity index (χ0v) is 16.2. The van der Waals surface area contributed by atoms with E-state index in [1.165, 1.54) is 24.8 Å². The van der Waals surface area contributed by atoms with E-state index in [4.69, 9.17) is 5.11 Å². The summed E-state index contributed by atoms with van der Waals surface area (Å²) < 4.78 is 0. The lowest BCUT2D eigenvalue weighted by atomic mass is 9.48.